The first kappa shape index (κ1) is 50.3. The van der Waals surface area contributed by atoms with E-state index in [4.69, 9.17) is 4.42 Å². The molecule has 0 saturated heterocycles. The Morgan fingerprint density at radius 3 is 1.03 bits per heavy atom. The zero-order valence-corrected chi connectivity index (χ0v) is 48.9. The fourth-order valence-corrected chi connectivity index (χ4v) is 15.3. The lowest BCUT2D eigenvalue weighted by Crippen LogP contribution is -2.61. The van der Waals surface area contributed by atoms with E-state index in [1.54, 1.807) is 0 Å². The van der Waals surface area contributed by atoms with E-state index in [0.717, 1.165) is 139 Å². The minimum absolute atomic E-state index is 0.334. The molecular formula is C84H53BN4O. The summed E-state index contributed by atoms with van der Waals surface area (Å²) in [5.41, 5.74) is 27.4. The molecule has 17 aromatic rings. The summed E-state index contributed by atoms with van der Waals surface area (Å²) in [7, 11) is 0. The van der Waals surface area contributed by atoms with Crippen LogP contribution in [0.2, 0.25) is 0 Å². The molecule has 0 unspecified atom stereocenters. The Kier molecular flexibility index (Phi) is 11.1. The van der Waals surface area contributed by atoms with E-state index < -0.39 is 0 Å². The third kappa shape index (κ3) is 7.39. The number of anilines is 6. The molecule has 0 radical (unpaired) electrons. The molecule has 2 aliphatic rings. The van der Waals surface area contributed by atoms with Gasteiger partial charge >= 0.3 is 0 Å². The molecule has 6 heteroatoms. The van der Waals surface area contributed by atoms with E-state index in [-0.39, 0.29) is 6.71 Å². The topological polar surface area (TPSA) is 29.5 Å². The first-order valence-corrected chi connectivity index (χ1v) is 31.0. The van der Waals surface area contributed by atoms with Crippen LogP contribution in [0.1, 0.15) is 0 Å². The average Bonchev–Trinajstić information content (AvgIpc) is 0.993. The van der Waals surface area contributed by atoms with Gasteiger partial charge in [0.1, 0.15) is 5.58 Å². The van der Waals surface area contributed by atoms with E-state index >= 15 is 0 Å². The molecule has 90 heavy (non-hydrogen) atoms. The van der Waals surface area contributed by atoms with Gasteiger partial charge in [-0.05, 0) is 111 Å². The predicted octanol–water partition coefficient (Wildman–Crippen LogP) is 20.5. The Morgan fingerprint density at radius 2 is 0.611 bits per heavy atom. The summed E-state index contributed by atoms with van der Waals surface area (Å²) in [6, 6.07) is 119. The SMILES string of the molecule is c1ccc(-c2cccc(-c3ccccc3)c2N2c3ccc(-n4c5ccccc5c5ccccc54)cc3B3c4cc(-n5c6ccccc6c6ccccc65)ccc4N(c4c(-c5ccccc5)cccc4-c4ccccc4)c4c3c2cc2c4oc3ccccc32)cc1. The summed E-state index contributed by atoms with van der Waals surface area (Å²) >= 11 is 0. The van der Waals surface area contributed by atoms with Gasteiger partial charge in [-0.3, -0.25) is 0 Å². The van der Waals surface area contributed by atoms with Crippen LogP contribution in [0.5, 0.6) is 0 Å². The van der Waals surface area contributed by atoms with Crippen molar-refractivity contribution in [1.29, 1.82) is 0 Å². The third-order valence-electron chi connectivity index (χ3n) is 19.1. The Bertz CT molecular complexity index is 5400. The largest absolute Gasteiger partial charge is 0.454 e. The van der Waals surface area contributed by atoms with Crippen molar-refractivity contribution in [2.45, 2.75) is 0 Å². The van der Waals surface area contributed by atoms with E-state index in [1.807, 2.05) is 0 Å². The quantitative estimate of drug-likeness (QED) is 0.142. The Morgan fingerprint density at radius 1 is 0.256 bits per heavy atom. The average molecular weight is 1150 g/mol. The molecule has 2 aliphatic heterocycles. The van der Waals surface area contributed by atoms with Gasteiger partial charge < -0.3 is 23.4 Å². The molecule has 0 N–H and O–H groups in total. The van der Waals surface area contributed by atoms with Crippen molar-refractivity contribution >= 4 is 123 Å². The molecule has 19 rings (SSSR count). The summed E-state index contributed by atoms with van der Waals surface area (Å²) in [6.45, 7) is -0.334. The fraction of sp³-hybridized carbons (Fsp3) is 0. The predicted molar refractivity (Wildman–Crippen MR) is 378 cm³/mol. The van der Waals surface area contributed by atoms with Crippen LogP contribution in [0.3, 0.4) is 0 Å². The van der Waals surface area contributed by atoms with Crippen molar-refractivity contribution < 1.29 is 4.42 Å². The first-order chi connectivity index (χ1) is 44.7. The van der Waals surface area contributed by atoms with Gasteiger partial charge in [-0.2, -0.15) is 0 Å². The summed E-state index contributed by atoms with van der Waals surface area (Å²) in [6.07, 6.45) is 0. The van der Waals surface area contributed by atoms with Gasteiger partial charge in [0, 0.05) is 83.0 Å². The van der Waals surface area contributed by atoms with Crippen molar-refractivity contribution in [1.82, 2.24) is 9.13 Å². The molecule has 5 heterocycles. The number of furan rings is 1. The van der Waals surface area contributed by atoms with Crippen LogP contribution < -0.4 is 26.2 Å². The van der Waals surface area contributed by atoms with Crippen LogP contribution >= 0.6 is 0 Å². The van der Waals surface area contributed by atoms with Gasteiger partial charge in [-0.15, -0.1) is 0 Å². The van der Waals surface area contributed by atoms with Crippen molar-refractivity contribution in [3.05, 3.63) is 322 Å². The summed E-state index contributed by atoms with van der Waals surface area (Å²) < 4.78 is 12.5. The normalized spacial score (nSPS) is 12.6. The minimum Gasteiger partial charge on any atom is -0.454 e. The number of nitrogens with zero attached hydrogens (tertiary/aromatic N) is 4. The second kappa shape index (κ2) is 19.8. The van der Waals surface area contributed by atoms with Gasteiger partial charge in [-0.25, -0.2) is 0 Å². The van der Waals surface area contributed by atoms with E-state index in [1.165, 1.54) is 32.5 Å². The van der Waals surface area contributed by atoms with Gasteiger partial charge in [0.05, 0.1) is 39.1 Å². The molecule has 5 nitrogen and oxygen atoms in total. The standard InChI is InChI=1S/C84H53BN4O/c1-5-25-54(26-6-1)60-38-23-39-61(55-27-7-2-8-28-55)81(60)88-76-49-47-58(86-72-42-18-13-33-64(72)65-34-14-19-43-73(65)86)51-70(76)85-71-52-59(87-74-44-20-15-35-66(74)67-36-16-21-45-75(67)87)48-50-77(71)89(83-80(85)78(88)53-69-68-37-17-22-46-79(68)90-84(69)83)82-62(56-29-9-3-10-30-56)40-24-41-63(82)57-31-11-4-12-32-57/h1-53H. The van der Waals surface area contributed by atoms with Gasteiger partial charge in [0.15, 0.2) is 5.58 Å². The van der Waals surface area contributed by atoms with Crippen molar-refractivity contribution in [2.75, 3.05) is 9.80 Å². The minimum atomic E-state index is -0.334. The van der Waals surface area contributed by atoms with Crippen molar-refractivity contribution in [3.63, 3.8) is 0 Å². The first-order valence-electron chi connectivity index (χ1n) is 31.0. The number of fused-ring (bicyclic) bond motifs is 14. The number of para-hydroxylation sites is 7. The third-order valence-corrected chi connectivity index (χ3v) is 19.1. The maximum Gasteiger partial charge on any atom is 0.252 e. The maximum absolute atomic E-state index is 7.59. The highest BCUT2D eigenvalue weighted by atomic mass is 16.3. The second-order valence-corrected chi connectivity index (χ2v) is 23.8. The summed E-state index contributed by atoms with van der Waals surface area (Å²) in [4.78, 5) is 5.24. The molecule has 14 aromatic carbocycles. The lowest BCUT2D eigenvalue weighted by atomic mass is 9.33. The van der Waals surface area contributed by atoms with E-state index in [2.05, 4.69) is 340 Å². The number of benzene rings is 14. The molecular weight excluding hydrogens is 1090 g/mol. The Balaban J connectivity index is 1.02. The monoisotopic (exact) mass is 1140 g/mol. The highest BCUT2D eigenvalue weighted by molar-refractivity contribution is 7.00. The number of hydrogen-bond acceptors (Lipinski definition) is 3. The van der Waals surface area contributed by atoms with Crippen molar-refractivity contribution in [2.24, 2.45) is 0 Å². The molecule has 418 valence electrons. The zero-order valence-electron chi connectivity index (χ0n) is 48.9. The van der Waals surface area contributed by atoms with Gasteiger partial charge in [-0.1, -0.05) is 249 Å². The van der Waals surface area contributed by atoms with Gasteiger partial charge in [0.2, 0.25) is 0 Å². The van der Waals surface area contributed by atoms with Crippen LogP contribution in [0, 0.1) is 0 Å². The molecule has 0 fully saturated rings. The molecule has 3 aromatic heterocycles. The number of rotatable bonds is 8. The molecule has 0 saturated carbocycles. The lowest BCUT2D eigenvalue weighted by Gasteiger charge is -2.45. The Hall–Kier alpha value is -11.9. The number of aromatic nitrogens is 2. The smallest absolute Gasteiger partial charge is 0.252 e. The maximum atomic E-state index is 7.59. The number of hydrogen-bond donors (Lipinski definition) is 0. The molecule has 0 amide bonds. The summed E-state index contributed by atoms with van der Waals surface area (Å²) in [5, 5.41) is 6.98. The molecule has 0 aliphatic carbocycles. The fourth-order valence-electron chi connectivity index (χ4n) is 15.3. The molecule has 0 bridgehead atoms. The zero-order chi connectivity index (χ0) is 59.0. The van der Waals surface area contributed by atoms with E-state index in [9.17, 15) is 0 Å². The second-order valence-electron chi connectivity index (χ2n) is 23.8. The van der Waals surface area contributed by atoms with Crippen LogP contribution in [-0.2, 0) is 0 Å². The molecule has 0 atom stereocenters. The lowest BCUT2D eigenvalue weighted by molar-refractivity contribution is 0.669. The van der Waals surface area contributed by atoms with Crippen molar-refractivity contribution in [3.8, 4) is 55.9 Å². The van der Waals surface area contributed by atoms with Gasteiger partial charge in [0.25, 0.3) is 6.71 Å². The summed E-state index contributed by atoms with van der Waals surface area (Å²) in [5.74, 6) is 0. The highest BCUT2D eigenvalue weighted by Crippen LogP contribution is 2.55. The van der Waals surface area contributed by atoms with E-state index in [0.29, 0.717) is 0 Å². The molecule has 0 spiro atoms. The Labute approximate surface area is 520 Å². The van der Waals surface area contributed by atoms with Crippen LogP contribution in [0.15, 0.2) is 326 Å². The van der Waals surface area contributed by atoms with Crippen LogP contribution in [0.25, 0.3) is 121 Å². The van der Waals surface area contributed by atoms with Crippen LogP contribution in [-0.4, -0.2) is 15.8 Å². The highest BCUT2D eigenvalue weighted by Gasteiger charge is 2.47. The van der Waals surface area contributed by atoms with Crippen LogP contribution in [0.4, 0.5) is 34.1 Å².